The van der Waals surface area contributed by atoms with E-state index in [4.69, 9.17) is 4.74 Å². The van der Waals surface area contributed by atoms with Crippen LogP contribution in [0.5, 0.6) is 5.75 Å². The van der Waals surface area contributed by atoms with Crippen LogP contribution >= 0.6 is 0 Å². The number of carbonyl (C=O) groups is 1. The first-order chi connectivity index (χ1) is 7.38. The molecule has 0 amide bonds. The number of ether oxygens (including phenoxy) is 1. The number of pyridine rings is 1. The van der Waals surface area contributed by atoms with E-state index in [9.17, 15) is 4.79 Å². The number of hydrogen-bond acceptors (Lipinski definition) is 3. The third-order valence-corrected chi connectivity index (χ3v) is 2.46. The van der Waals surface area contributed by atoms with Gasteiger partial charge in [-0.25, -0.2) is 4.98 Å². The average molecular weight is 233 g/mol. The Bertz CT molecular complexity index is 452. The van der Waals surface area contributed by atoms with Crippen molar-refractivity contribution in [3.05, 3.63) is 24.0 Å². The fourth-order valence-electron chi connectivity index (χ4n) is 0.968. The normalized spacial score (nSPS) is 10.2. The summed E-state index contributed by atoms with van der Waals surface area (Å²) in [5.41, 5.74) is 3.71. The van der Waals surface area contributed by atoms with Gasteiger partial charge in [-0.2, -0.15) is 0 Å². The molecule has 0 unspecified atom stereocenters. The van der Waals surface area contributed by atoms with E-state index in [2.05, 4.69) is 36.1 Å². The zero-order chi connectivity index (χ0) is 12.2. The minimum absolute atomic E-state index is 0.357. The summed E-state index contributed by atoms with van der Waals surface area (Å²) >= 11 is 0. The zero-order valence-electron chi connectivity index (χ0n) is 10.00. The van der Waals surface area contributed by atoms with Crippen molar-refractivity contribution in [3.63, 3.8) is 0 Å². The molecule has 0 aliphatic rings. The Hall–Kier alpha value is -1.60. The lowest BCUT2D eigenvalue weighted by Gasteiger charge is -2.05. The maximum absolute atomic E-state index is 10.9. The van der Waals surface area contributed by atoms with Crippen LogP contribution in [0, 0.1) is 11.5 Å². The van der Waals surface area contributed by atoms with Gasteiger partial charge in [-0.05, 0) is 12.1 Å². The summed E-state index contributed by atoms with van der Waals surface area (Å²) in [5, 5.41) is 0. The third-order valence-electron chi connectivity index (χ3n) is 1.58. The van der Waals surface area contributed by atoms with Crippen molar-refractivity contribution >= 4 is 14.0 Å². The molecule has 0 radical (unpaired) electrons. The number of hydrogen-bond donors (Lipinski definition) is 0. The maximum atomic E-state index is 10.9. The topological polar surface area (TPSA) is 39.2 Å². The van der Waals surface area contributed by atoms with Crippen LogP contribution in [-0.2, 0) is 4.79 Å². The maximum Gasteiger partial charge on any atom is 0.308 e. The quantitative estimate of drug-likeness (QED) is 0.424. The number of aromatic nitrogens is 1. The molecular formula is C12H15NO2Si. The summed E-state index contributed by atoms with van der Waals surface area (Å²) in [5.74, 6) is 3.06. The number of carbonyl (C=O) groups excluding carboxylic acids is 1. The van der Waals surface area contributed by atoms with Crippen LogP contribution in [-0.4, -0.2) is 19.0 Å². The van der Waals surface area contributed by atoms with Crippen LogP contribution in [0.2, 0.25) is 19.6 Å². The molecule has 1 aromatic rings. The van der Waals surface area contributed by atoms with Crippen molar-refractivity contribution in [2.45, 2.75) is 26.6 Å². The summed E-state index contributed by atoms with van der Waals surface area (Å²) < 4.78 is 5.02. The predicted octanol–water partition coefficient (Wildman–Crippen LogP) is 2.24. The van der Waals surface area contributed by atoms with Crippen molar-refractivity contribution in [3.8, 4) is 17.2 Å². The summed E-state index contributed by atoms with van der Waals surface area (Å²) in [7, 11) is -1.44. The molecule has 0 fully saturated rings. The third kappa shape index (κ3) is 4.28. The fourth-order valence-corrected chi connectivity index (χ4v) is 1.46. The van der Waals surface area contributed by atoms with E-state index in [0.29, 0.717) is 11.4 Å². The van der Waals surface area contributed by atoms with Crippen molar-refractivity contribution in [2.24, 2.45) is 0 Å². The Morgan fingerprint density at radius 2 is 2.12 bits per heavy atom. The lowest BCUT2D eigenvalue weighted by atomic mass is 10.3. The molecule has 0 spiro atoms. The molecule has 0 saturated carbocycles. The molecule has 0 aromatic carbocycles. The Labute approximate surface area is 96.9 Å². The van der Waals surface area contributed by atoms with E-state index in [-0.39, 0.29) is 5.97 Å². The van der Waals surface area contributed by atoms with E-state index in [1.807, 2.05) is 0 Å². The summed E-state index contributed by atoms with van der Waals surface area (Å²) in [4.78, 5) is 15.0. The molecule has 0 aliphatic carbocycles. The van der Waals surface area contributed by atoms with Gasteiger partial charge >= 0.3 is 5.97 Å². The van der Waals surface area contributed by atoms with Gasteiger partial charge in [0.25, 0.3) is 0 Å². The Kier molecular flexibility index (Phi) is 3.86. The first-order valence-electron chi connectivity index (χ1n) is 5.05. The van der Waals surface area contributed by atoms with Crippen LogP contribution in [0.4, 0.5) is 0 Å². The van der Waals surface area contributed by atoms with Crippen molar-refractivity contribution < 1.29 is 9.53 Å². The highest BCUT2D eigenvalue weighted by atomic mass is 28.3. The fraction of sp³-hybridized carbons (Fsp3) is 0.333. The van der Waals surface area contributed by atoms with Crippen molar-refractivity contribution in [2.75, 3.05) is 0 Å². The van der Waals surface area contributed by atoms with Crippen molar-refractivity contribution in [1.82, 2.24) is 4.98 Å². The summed E-state index contributed by atoms with van der Waals surface area (Å²) in [6.45, 7) is 7.81. The first kappa shape index (κ1) is 12.5. The van der Waals surface area contributed by atoms with Crippen LogP contribution in [0.1, 0.15) is 12.6 Å². The second-order valence-electron chi connectivity index (χ2n) is 4.44. The van der Waals surface area contributed by atoms with Gasteiger partial charge in [0.1, 0.15) is 8.07 Å². The van der Waals surface area contributed by atoms with Crippen LogP contribution < -0.4 is 4.74 Å². The largest absolute Gasteiger partial charge is 0.424 e. The second kappa shape index (κ2) is 4.95. The highest BCUT2D eigenvalue weighted by Crippen LogP contribution is 2.14. The second-order valence-corrected chi connectivity index (χ2v) is 9.19. The van der Waals surface area contributed by atoms with Gasteiger partial charge < -0.3 is 4.74 Å². The molecule has 1 aromatic heterocycles. The highest BCUT2D eigenvalue weighted by Gasteiger charge is 2.09. The van der Waals surface area contributed by atoms with Gasteiger partial charge in [0, 0.05) is 13.1 Å². The predicted molar refractivity (Wildman–Crippen MR) is 65.8 cm³/mol. The Morgan fingerprint density at radius 3 is 2.69 bits per heavy atom. The molecule has 1 rings (SSSR count). The van der Waals surface area contributed by atoms with E-state index in [1.165, 1.54) is 6.92 Å². The van der Waals surface area contributed by atoms with Gasteiger partial charge in [0.2, 0.25) is 0 Å². The Morgan fingerprint density at radius 1 is 1.44 bits per heavy atom. The number of nitrogens with zero attached hydrogens (tertiary/aromatic N) is 1. The van der Waals surface area contributed by atoms with Gasteiger partial charge in [-0.15, -0.1) is 5.54 Å². The average Bonchev–Trinajstić information content (AvgIpc) is 2.14. The number of rotatable bonds is 1. The molecule has 0 N–H and O–H groups in total. The lowest BCUT2D eigenvalue weighted by molar-refractivity contribution is -0.131. The van der Waals surface area contributed by atoms with Crippen LogP contribution in [0.3, 0.4) is 0 Å². The Balaban J connectivity index is 3.03. The van der Waals surface area contributed by atoms with E-state index in [1.54, 1.807) is 18.3 Å². The molecule has 84 valence electrons. The van der Waals surface area contributed by atoms with Gasteiger partial charge in [0.05, 0.1) is 0 Å². The molecule has 0 saturated heterocycles. The number of esters is 1. The molecule has 3 nitrogen and oxygen atoms in total. The molecule has 0 atom stereocenters. The smallest absolute Gasteiger partial charge is 0.308 e. The minimum atomic E-state index is -1.44. The van der Waals surface area contributed by atoms with Gasteiger partial charge in [-0.3, -0.25) is 4.79 Å². The highest BCUT2D eigenvalue weighted by molar-refractivity contribution is 6.83. The standard InChI is InChI=1S/C12H15NO2Si/c1-10(14)15-12-6-5-8-13-11(12)7-9-16(2,3)4/h5-6,8H,1-4H3. The van der Waals surface area contributed by atoms with Crippen LogP contribution in [0.15, 0.2) is 18.3 Å². The van der Waals surface area contributed by atoms with Gasteiger partial charge in [-0.1, -0.05) is 25.6 Å². The van der Waals surface area contributed by atoms with Crippen LogP contribution in [0.25, 0.3) is 0 Å². The van der Waals surface area contributed by atoms with Crippen molar-refractivity contribution in [1.29, 1.82) is 0 Å². The molecule has 1 heterocycles. The van der Waals surface area contributed by atoms with Gasteiger partial charge in [0.15, 0.2) is 11.4 Å². The van der Waals surface area contributed by atoms with E-state index >= 15 is 0 Å². The SMILES string of the molecule is CC(=O)Oc1cccnc1C#C[Si](C)(C)C. The molecule has 4 heteroatoms. The molecule has 0 bridgehead atoms. The van der Waals surface area contributed by atoms with E-state index in [0.717, 1.165) is 0 Å². The zero-order valence-corrected chi connectivity index (χ0v) is 11.0. The molecule has 16 heavy (non-hydrogen) atoms. The minimum Gasteiger partial charge on any atom is -0.424 e. The summed E-state index contributed by atoms with van der Waals surface area (Å²) in [6.07, 6.45) is 1.64. The molecule has 0 aliphatic heterocycles. The summed E-state index contributed by atoms with van der Waals surface area (Å²) in [6, 6.07) is 3.42. The monoisotopic (exact) mass is 233 g/mol. The lowest BCUT2D eigenvalue weighted by Crippen LogP contribution is -2.16. The molecular weight excluding hydrogens is 218 g/mol. The van der Waals surface area contributed by atoms with E-state index < -0.39 is 8.07 Å². The first-order valence-corrected chi connectivity index (χ1v) is 8.55.